The third-order valence-corrected chi connectivity index (χ3v) is 3.99. The maximum atomic E-state index is 5.43. The van der Waals surface area contributed by atoms with E-state index in [1.807, 2.05) is 12.1 Å². The van der Waals surface area contributed by atoms with Crippen LogP contribution in [0.5, 0.6) is 0 Å². The van der Waals surface area contributed by atoms with E-state index < -0.39 is 0 Å². The molecule has 1 saturated heterocycles. The van der Waals surface area contributed by atoms with Gasteiger partial charge >= 0.3 is 0 Å². The van der Waals surface area contributed by atoms with Crippen LogP contribution in [0, 0.1) is 18.3 Å². The number of nitrogens with zero attached hydrogens (tertiary/aromatic N) is 1. The molecule has 96 valence electrons. The number of likely N-dealkylation sites (tertiary alicyclic amines) is 1. The number of hydrogen-bond donors (Lipinski definition) is 1. The molecule has 0 saturated carbocycles. The van der Waals surface area contributed by atoms with Gasteiger partial charge in [-0.2, -0.15) is 0 Å². The van der Waals surface area contributed by atoms with Crippen LogP contribution in [0.4, 0.5) is 5.69 Å². The van der Waals surface area contributed by atoms with Gasteiger partial charge < -0.3 is 10.2 Å². The highest BCUT2D eigenvalue weighted by Crippen LogP contribution is 2.24. The first-order valence-electron chi connectivity index (χ1n) is 6.63. The average molecular weight is 242 g/mol. The van der Waals surface area contributed by atoms with Gasteiger partial charge in [0.25, 0.3) is 0 Å². The van der Waals surface area contributed by atoms with Gasteiger partial charge in [0.1, 0.15) is 0 Å². The van der Waals surface area contributed by atoms with Gasteiger partial charge in [-0.15, -0.1) is 6.42 Å². The molecule has 2 rings (SSSR count). The van der Waals surface area contributed by atoms with Gasteiger partial charge in [-0.1, -0.05) is 18.9 Å². The van der Waals surface area contributed by atoms with Gasteiger partial charge in [0.15, 0.2) is 0 Å². The van der Waals surface area contributed by atoms with Crippen LogP contribution in [0.3, 0.4) is 0 Å². The molecular weight excluding hydrogens is 220 g/mol. The van der Waals surface area contributed by atoms with Crippen molar-refractivity contribution >= 4 is 5.69 Å². The molecule has 1 aliphatic rings. The highest BCUT2D eigenvalue weighted by atomic mass is 15.2. The molecule has 3 unspecified atom stereocenters. The summed E-state index contributed by atoms with van der Waals surface area (Å²) < 4.78 is 0. The Labute approximate surface area is 110 Å². The molecule has 2 heteroatoms. The molecule has 1 N–H and O–H groups in total. The molecule has 2 nitrogen and oxygen atoms in total. The van der Waals surface area contributed by atoms with E-state index >= 15 is 0 Å². The normalized spacial score (nSPS) is 28.7. The standard InChI is InChI=1S/C16H22N2/c1-5-14-7-6-8-15(10-14)17-16-9-13(3)18(4)11-12(16)2/h1,6-8,10,12-13,16-17H,9,11H2,2-4H3. The Morgan fingerprint density at radius 1 is 1.39 bits per heavy atom. The molecule has 0 aliphatic carbocycles. The van der Waals surface area contributed by atoms with E-state index in [2.05, 4.69) is 49.2 Å². The van der Waals surface area contributed by atoms with Crippen LogP contribution in [0.25, 0.3) is 0 Å². The summed E-state index contributed by atoms with van der Waals surface area (Å²) in [5.74, 6) is 3.34. The third kappa shape index (κ3) is 2.86. The van der Waals surface area contributed by atoms with Crippen molar-refractivity contribution in [1.29, 1.82) is 0 Å². The summed E-state index contributed by atoms with van der Waals surface area (Å²) in [5.41, 5.74) is 2.08. The van der Waals surface area contributed by atoms with Gasteiger partial charge in [0.2, 0.25) is 0 Å². The highest BCUT2D eigenvalue weighted by molar-refractivity contribution is 5.50. The lowest BCUT2D eigenvalue weighted by Crippen LogP contribution is -2.48. The maximum absolute atomic E-state index is 5.43. The largest absolute Gasteiger partial charge is 0.382 e. The number of nitrogens with one attached hydrogen (secondary N) is 1. The second kappa shape index (κ2) is 5.46. The molecule has 1 aromatic rings. The highest BCUT2D eigenvalue weighted by Gasteiger charge is 2.28. The minimum atomic E-state index is 0.532. The van der Waals surface area contributed by atoms with Crippen molar-refractivity contribution < 1.29 is 0 Å². The Kier molecular flexibility index (Phi) is 3.93. The molecule has 1 aromatic carbocycles. The number of benzene rings is 1. The zero-order valence-electron chi connectivity index (χ0n) is 11.5. The fourth-order valence-corrected chi connectivity index (χ4v) is 2.66. The van der Waals surface area contributed by atoms with Crippen molar-refractivity contribution in [3.63, 3.8) is 0 Å². The van der Waals surface area contributed by atoms with E-state index in [0.717, 1.165) is 17.8 Å². The lowest BCUT2D eigenvalue weighted by Gasteiger charge is -2.40. The summed E-state index contributed by atoms with van der Waals surface area (Å²) in [6.07, 6.45) is 6.61. The smallest absolute Gasteiger partial charge is 0.0354 e. The van der Waals surface area contributed by atoms with Crippen LogP contribution in [0.2, 0.25) is 0 Å². The molecule has 0 amide bonds. The first-order valence-corrected chi connectivity index (χ1v) is 6.63. The molecule has 0 bridgehead atoms. The Morgan fingerprint density at radius 2 is 2.17 bits per heavy atom. The topological polar surface area (TPSA) is 15.3 Å². The quantitative estimate of drug-likeness (QED) is 0.802. The van der Waals surface area contributed by atoms with Crippen LogP contribution in [-0.2, 0) is 0 Å². The monoisotopic (exact) mass is 242 g/mol. The van der Waals surface area contributed by atoms with Crippen LogP contribution in [0.15, 0.2) is 24.3 Å². The van der Waals surface area contributed by atoms with Gasteiger partial charge in [0, 0.05) is 29.9 Å². The van der Waals surface area contributed by atoms with Crippen molar-refractivity contribution in [2.45, 2.75) is 32.4 Å². The summed E-state index contributed by atoms with van der Waals surface area (Å²) in [5, 5.41) is 3.63. The van der Waals surface area contributed by atoms with E-state index in [1.54, 1.807) is 0 Å². The van der Waals surface area contributed by atoms with Crippen molar-refractivity contribution in [3.05, 3.63) is 29.8 Å². The Bertz CT molecular complexity index is 447. The second-order valence-electron chi connectivity index (χ2n) is 5.48. The number of terminal acetylenes is 1. The molecule has 1 aliphatic heterocycles. The molecule has 18 heavy (non-hydrogen) atoms. The van der Waals surface area contributed by atoms with Crippen LogP contribution < -0.4 is 5.32 Å². The maximum Gasteiger partial charge on any atom is 0.0354 e. The van der Waals surface area contributed by atoms with E-state index in [4.69, 9.17) is 6.42 Å². The summed E-state index contributed by atoms with van der Waals surface area (Å²) >= 11 is 0. The first kappa shape index (κ1) is 13.0. The number of anilines is 1. The number of piperidine rings is 1. The number of hydrogen-bond acceptors (Lipinski definition) is 2. The Balaban J connectivity index is 2.06. The molecule has 0 radical (unpaired) electrons. The van der Waals surface area contributed by atoms with Gasteiger partial charge in [-0.3, -0.25) is 0 Å². The van der Waals surface area contributed by atoms with Crippen molar-refractivity contribution in [1.82, 2.24) is 4.90 Å². The SMILES string of the molecule is C#Cc1cccc(NC2CC(C)N(C)CC2C)c1. The molecule has 3 atom stereocenters. The third-order valence-electron chi connectivity index (χ3n) is 3.99. The zero-order chi connectivity index (χ0) is 13.1. The summed E-state index contributed by atoms with van der Waals surface area (Å²) in [6, 6.07) is 9.29. The van der Waals surface area contributed by atoms with Crippen molar-refractivity contribution in [2.24, 2.45) is 5.92 Å². The molecule has 1 fully saturated rings. The summed E-state index contributed by atoms with van der Waals surface area (Å²) in [4.78, 5) is 2.43. The minimum absolute atomic E-state index is 0.532. The van der Waals surface area contributed by atoms with Crippen LogP contribution in [-0.4, -0.2) is 30.6 Å². The van der Waals surface area contributed by atoms with E-state index in [9.17, 15) is 0 Å². The lowest BCUT2D eigenvalue weighted by atomic mass is 9.89. The Morgan fingerprint density at radius 3 is 2.89 bits per heavy atom. The van der Waals surface area contributed by atoms with Gasteiger partial charge in [-0.05, 0) is 44.5 Å². The van der Waals surface area contributed by atoms with Gasteiger partial charge in [0.05, 0.1) is 0 Å². The van der Waals surface area contributed by atoms with Crippen molar-refractivity contribution in [2.75, 3.05) is 18.9 Å². The van der Waals surface area contributed by atoms with Crippen LogP contribution in [0.1, 0.15) is 25.8 Å². The average Bonchev–Trinajstić information content (AvgIpc) is 2.36. The fraction of sp³-hybridized carbons (Fsp3) is 0.500. The molecular formula is C16H22N2. The van der Waals surface area contributed by atoms with E-state index in [1.165, 1.54) is 6.42 Å². The van der Waals surface area contributed by atoms with E-state index in [0.29, 0.717) is 18.0 Å². The molecule has 0 aromatic heterocycles. The zero-order valence-corrected chi connectivity index (χ0v) is 11.5. The number of rotatable bonds is 2. The minimum Gasteiger partial charge on any atom is -0.382 e. The second-order valence-corrected chi connectivity index (χ2v) is 5.48. The lowest BCUT2D eigenvalue weighted by molar-refractivity contribution is 0.145. The van der Waals surface area contributed by atoms with Crippen molar-refractivity contribution in [3.8, 4) is 12.3 Å². The molecule has 0 spiro atoms. The van der Waals surface area contributed by atoms with Gasteiger partial charge in [-0.25, -0.2) is 0 Å². The first-order chi connectivity index (χ1) is 8.60. The fourth-order valence-electron chi connectivity index (χ4n) is 2.66. The van der Waals surface area contributed by atoms with Crippen LogP contribution >= 0.6 is 0 Å². The Hall–Kier alpha value is -1.46. The molecule has 1 heterocycles. The summed E-state index contributed by atoms with van der Waals surface area (Å²) in [7, 11) is 2.20. The summed E-state index contributed by atoms with van der Waals surface area (Å²) in [6.45, 7) is 5.75. The van der Waals surface area contributed by atoms with E-state index in [-0.39, 0.29) is 0 Å². The predicted octanol–water partition coefficient (Wildman–Crippen LogP) is 2.81. The predicted molar refractivity (Wildman–Crippen MR) is 77.7 cm³/mol.